The SMILES string of the molecule is CCO[Si](C)(OCC)O[C@@H](C)c1ccc(F)cc1. The third-order valence-corrected chi connectivity index (χ3v) is 4.95. The van der Waals surface area contributed by atoms with Gasteiger partial charge in [-0.1, -0.05) is 12.1 Å². The van der Waals surface area contributed by atoms with Gasteiger partial charge < -0.3 is 13.3 Å². The summed E-state index contributed by atoms with van der Waals surface area (Å²) in [6, 6.07) is 6.28. The first-order valence-corrected chi connectivity index (χ1v) is 8.44. The van der Waals surface area contributed by atoms with Crippen molar-refractivity contribution in [3.8, 4) is 0 Å². The highest BCUT2D eigenvalue weighted by Gasteiger charge is 2.36. The van der Waals surface area contributed by atoms with Crippen molar-refractivity contribution in [2.45, 2.75) is 33.4 Å². The molecule has 1 aromatic rings. The lowest BCUT2D eigenvalue weighted by atomic mass is 10.1. The van der Waals surface area contributed by atoms with Crippen molar-refractivity contribution in [3.63, 3.8) is 0 Å². The molecular formula is C13H21FO3Si. The predicted molar refractivity (Wildman–Crippen MR) is 70.8 cm³/mol. The van der Waals surface area contributed by atoms with Crippen LogP contribution in [0.15, 0.2) is 24.3 Å². The summed E-state index contributed by atoms with van der Waals surface area (Å²) in [5.41, 5.74) is 0.912. The van der Waals surface area contributed by atoms with Crippen LogP contribution in [-0.4, -0.2) is 22.0 Å². The Morgan fingerprint density at radius 3 is 2.06 bits per heavy atom. The van der Waals surface area contributed by atoms with Crippen LogP contribution in [0, 0.1) is 5.82 Å². The quantitative estimate of drug-likeness (QED) is 0.711. The molecule has 0 N–H and O–H groups in total. The van der Waals surface area contributed by atoms with Crippen LogP contribution in [-0.2, 0) is 13.3 Å². The fraction of sp³-hybridized carbons (Fsp3) is 0.538. The molecule has 0 heterocycles. The maximum atomic E-state index is 12.8. The van der Waals surface area contributed by atoms with Crippen LogP contribution in [0.4, 0.5) is 4.39 Å². The molecule has 1 aromatic carbocycles. The second kappa shape index (κ2) is 6.99. The smallest absolute Gasteiger partial charge is 0.374 e. The maximum absolute atomic E-state index is 12.8. The molecule has 18 heavy (non-hydrogen) atoms. The Bertz CT molecular complexity index is 350. The number of hydrogen-bond acceptors (Lipinski definition) is 3. The number of rotatable bonds is 7. The Morgan fingerprint density at radius 1 is 1.11 bits per heavy atom. The van der Waals surface area contributed by atoms with E-state index in [-0.39, 0.29) is 11.9 Å². The number of halogens is 1. The Balaban J connectivity index is 2.71. The fourth-order valence-corrected chi connectivity index (χ4v) is 3.80. The lowest BCUT2D eigenvalue weighted by molar-refractivity contribution is 0.0439. The van der Waals surface area contributed by atoms with Gasteiger partial charge in [0, 0.05) is 19.8 Å². The Morgan fingerprint density at radius 2 is 1.61 bits per heavy atom. The lowest BCUT2D eigenvalue weighted by Crippen LogP contribution is -2.43. The summed E-state index contributed by atoms with van der Waals surface area (Å²) in [5.74, 6) is -0.249. The average molecular weight is 272 g/mol. The van der Waals surface area contributed by atoms with E-state index in [9.17, 15) is 4.39 Å². The topological polar surface area (TPSA) is 27.7 Å². The number of benzene rings is 1. The molecule has 0 fully saturated rings. The molecule has 5 heteroatoms. The van der Waals surface area contributed by atoms with E-state index in [1.54, 1.807) is 12.1 Å². The van der Waals surface area contributed by atoms with Gasteiger partial charge in [0.2, 0.25) is 0 Å². The molecule has 0 aliphatic heterocycles. The summed E-state index contributed by atoms with van der Waals surface area (Å²) >= 11 is 0. The van der Waals surface area contributed by atoms with Gasteiger partial charge in [-0.15, -0.1) is 0 Å². The van der Waals surface area contributed by atoms with Crippen molar-refractivity contribution in [2.75, 3.05) is 13.2 Å². The molecule has 0 saturated carbocycles. The highest BCUT2D eigenvalue weighted by Crippen LogP contribution is 2.23. The largest absolute Gasteiger partial charge is 0.498 e. The van der Waals surface area contributed by atoms with Crippen molar-refractivity contribution >= 4 is 8.80 Å². The molecule has 0 aliphatic carbocycles. The molecule has 0 spiro atoms. The minimum absolute atomic E-state index is 0.180. The van der Waals surface area contributed by atoms with Gasteiger partial charge in [0.15, 0.2) is 0 Å². The highest BCUT2D eigenvalue weighted by molar-refractivity contribution is 6.59. The summed E-state index contributed by atoms with van der Waals surface area (Å²) < 4.78 is 30.0. The van der Waals surface area contributed by atoms with Gasteiger partial charge in [0.1, 0.15) is 5.82 Å². The van der Waals surface area contributed by atoms with E-state index < -0.39 is 8.80 Å². The van der Waals surface area contributed by atoms with Crippen molar-refractivity contribution in [1.82, 2.24) is 0 Å². The predicted octanol–water partition coefficient (Wildman–Crippen LogP) is 3.55. The Kier molecular flexibility index (Phi) is 5.94. The Hall–Kier alpha value is -0.753. The van der Waals surface area contributed by atoms with E-state index in [1.165, 1.54) is 12.1 Å². The summed E-state index contributed by atoms with van der Waals surface area (Å²) in [6.07, 6.45) is -0.180. The van der Waals surface area contributed by atoms with Gasteiger partial charge >= 0.3 is 8.80 Å². The molecule has 0 amide bonds. The second-order valence-corrected chi connectivity index (χ2v) is 6.58. The molecule has 0 aliphatic rings. The zero-order valence-corrected chi connectivity index (χ0v) is 12.4. The monoisotopic (exact) mass is 272 g/mol. The normalized spacial score (nSPS) is 13.6. The summed E-state index contributed by atoms with van der Waals surface area (Å²) in [6.45, 7) is 8.72. The molecule has 0 saturated heterocycles. The third-order valence-electron chi connectivity index (χ3n) is 2.54. The first-order valence-electron chi connectivity index (χ1n) is 6.22. The standard InChI is InChI=1S/C13H21FO3Si/c1-5-15-18(4,16-6-2)17-11(3)12-7-9-13(14)10-8-12/h7-11H,5-6H2,1-4H3/t11-/m0/s1. The molecule has 0 unspecified atom stereocenters. The van der Waals surface area contributed by atoms with E-state index >= 15 is 0 Å². The van der Waals surface area contributed by atoms with Gasteiger partial charge in [0.25, 0.3) is 0 Å². The van der Waals surface area contributed by atoms with Crippen molar-refractivity contribution < 1.29 is 17.7 Å². The van der Waals surface area contributed by atoms with E-state index in [0.29, 0.717) is 13.2 Å². The molecule has 0 aromatic heterocycles. The van der Waals surface area contributed by atoms with Crippen LogP contribution >= 0.6 is 0 Å². The first kappa shape index (κ1) is 15.3. The van der Waals surface area contributed by atoms with Gasteiger partial charge in [-0.25, -0.2) is 4.39 Å². The molecule has 0 bridgehead atoms. The van der Waals surface area contributed by atoms with Crippen LogP contribution in [0.3, 0.4) is 0 Å². The molecule has 102 valence electrons. The van der Waals surface area contributed by atoms with Gasteiger partial charge in [-0.2, -0.15) is 0 Å². The lowest BCUT2D eigenvalue weighted by Gasteiger charge is -2.28. The van der Waals surface area contributed by atoms with Gasteiger partial charge in [-0.3, -0.25) is 0 Å². The summed E-state index contributed by atoms with van der Waals surface area (Å²) in [4.78, 5) is 0. The second-order valence-electron chi connectivity index (χ2n) is 4.04. The van der Waals surface area contributed by atoms with Crippen LogP contribution in [0.5, 0.6) is 0 Å². The third kappa shape index (κ3) is 4.49. The minimum atomic E-state index is -2.60. The maximum Gasteiger partial charge on any atom is 0.498 e. The zero-order valence-electron chi connectivity index (χ0n) is 11.4. The molecule has 1 rings (SSSR count). The van der Waals surface area contributed by atoms with Crippen molar-refractivity contribution in [1.29, 1.82) is 0 Å². The van der Waals surface area contributed by atoms with E-state index in [1.807, 2.05) is 27.3 Å². The van der Waals surface area contributed by atoms with E-state index in [4.69, 9.17) is 13.3 Å². The van der Waals surface area contributed by atoms with Gasteiger partial charge in [0.05, 0.1) is 6.10 Å². The summed E-state index contributed by atoms with van der Waals surface area (Å²) in [7, 11) is -2.60. The minimum Gasteiger partial charge on any atom is -0.374 e. The summed E-state index contributed by atoms with van der Waals surface area (Å²) in [5, 5.41) is 0. The van der Waals surface area contributed by atoms with Crippen molar-refractivity contribution in [3.05, 3.63) is 35.6 Å². The van der Waals surface area contributed by atoms with Crippen LogP contribution in [0.2, 0.25) is 6.55 Å². The van der Waals surface area contributed by atoms with E-state index in [0.717, 1.165) is 5.56 Å². The van der Waals surface area contributed by atoms with Crippen LogP contribution < -0.4 is 0 Å². The average Bonchev–Trinajstić information content (AvgIpc) is 2.30. The number of hydrogen-bond donors (Lipinski definition) is 0. The molecular weight excluding hydrogens is 251 g/mol. The van der Waals surface area contributed by atoms with Crippen LogP contribution in [0.25, 0.3) is 0 Å². The Labute approximate surface area is 109 Å². The highest BCUT2D eigenvalue weighted by atomic mass is 28.4. The molecule has 0 radical (unpaired) electrons. The first-order chi connectivity index (χ1) is 8.50. The van der Waals surface area contributed by atoms with Crippen LogP contribution in [0.1, 0.15) is 32.4 Å². The zero-order chi connectivity index (χ0) is 13.6. The molecule has 3 nitrogen and oxygen atoms in total. The van der Waals surface area contributed by atoms with E-state index in [2.05, 4.69) is 0 Å². The molecule has 1 atom stereocenters. The fourth-order valence-electron chi connectivity index (χ4n) is 1.76. The van der Waals surface area contributed by atoms with Gasteiger partial charge in [-0.05, 0) is 38.5 Å². The van der Waals surface area contributed by atoms with Crippen molar-refractivity contribution in [2.24, 2.45) is 0 Å².